The first-order valence-corrected chi connectivity index (χ1v) is 10.5. The Bertz CT molecular complexity index is 1330. The Morgan fingerprint density at radius 3 is 2.24 bits per heavy atom. The number of hydrogen-bond donors (Lipinski definition) is 2. The van der Waals surface area contributed by atoms with Crippen LogP contribution in [0, 0.1) is 6.92 Å². The minimum atomic E-state index is -1.32. The first kappa shape index (κ1) is 22.0. The van der Waals surface area contributed by atoms with E-state index in [-0.39, 0.29) is 5.91 Å². The van der Waals surface area contributed by atoms with Crippen molar-refractivity contribution < 1.29 is 19.4 Å². The maximum Gasteiger partial charge on any atom is 0.347 e. The molecule has 0 spiro atoms. The average Bonchev–Trinajstić information content (AvgIpc) is 2.79. The Balaban J connectivity index is 1.63. The number of carboxylic acids is 1. The van der Waals surface area contributed by atoms with Crippen LogP contribution in [-0.4, -0.2) is 27.6 Å². The number of nitrogens with one attached hydrogen (secondary N) is 1. The SMILES string of the molecule is Cc1cc(C(=O)Nc2ccccc2)c2ccc(-c3ccc(OC(C)(C)C(=O)O)cc3)cc2n1. The van der Waals surface area contributed by atoms with E-state index in [2.05, 4.69) is 10.3 Å². The highest BCUT2D eigenvalue weighted by Crippen LogP contribution is 2.29. The van der Waals surface area contributed by atoms with Crippen LogP contribution in [0.5, 0.6) is 5.75 Å². The van der Waals surface area contributed by atoms with Gasteiger partial charge in [0.25, 0.3) is 5.91 Å². The number of nitrogens with zero attached hydrogens (tertiary/aromatic N) is 1. The lowest BCUT2D eigenvalue weighted by atomic mass is 10.0. The molecule has 4 rings (SSSR count). The van der Waals surface area contributed by atoms with Gasteiger partial charge in [-0.3, -0.25) is 9.78 Å². The smallest absolute Gasteiger partial charge is 0.347 e. The van der Waals surface area contributed by atoms with Gasteiger partial charge >= 0.3 is 5.97 Å². The number of aromatic nitrogens is 1. The normalized spacial score (nSPS) is 11.2. The van der Waals surface area contributed by atoms with E-state index in [4.69, 9.17) is 4.74 Å². The summed E-state index contributed by atoms with van der Waals surface area (Å²) in [6.07, 6.45) is 0. The molecule has 1 amide bonds. The van der Waals surface area contributed by atoms with Crippen molar-refractivity contribution >= 4 is 28.5 Å². The summed E-state index contributed by atoms with van der Waals surface area (Å²) in [4.78, 5) is 28.9. The second-order valence-corrected chi connectivity index (χ2v) is 8.31. The van der Waals surface area contributed by atoms with Gasteiger partial charge in [0.05, 0.1) is 11.1 Å². The summed E-state index contributed by atoms with van der Waals surface area (Å²) in [5.74, 6) is -0.748. The van der Waals surface area contributed by atoms with E-state index in [1.165, 1.54) is 13.8 Å². The Labute approximate surface area is 191 Å². The molecule has 6 nitrogen and oxygen atoms in total. The molecule has 0 aliphatic carbocycles. The molecule has 2 N–H and O–H groups in total. The number of rotatable bonds is 6. The van der Waals surface area contributed by atoms with E-state index in [1.54, 1.807) is 18.2 Å². The lowest BCUT2D eigenvalue weighted by Gasteiger charge is -2.21. The van der Waals surface area contributed by atoms with Crippen LogP contribution in [-0.2, 0) is 4.79 Å². The third kappa shape index (κ3) is 4.85. The van der Waals surface area contributed by atoms with Gasteiger partial charge in [-0.2, -0.15) is 0 Å². The molecule has 33 heavy (non-hydrogen) atoms. The summed E-state index contributed by atoms with van der Waals surface area (Å²) in [7, 11) is 0. The number of carbonyl (C=O) groups is 2. The summed E-state index contributed by atoms with van der Waals surface area (Å²) in [6.45, 7) is 4.87. The standard InChI is InChI=1S/C27H24N2O4/c1-17-15-23(25(30)29-20-7-5-4-6-8-20)22-14-11-19(16-24(22)28-17)18-9-12-21(13-10-18)33-27(2,3)26(31)32/h4-16H,1-3H3,(H,29,30)(H,31,32). The van der Waals surface area contributed by atoms with Gasteiger partial charge in [-0.15, -0.1) is 0 Å². The van der Waals surface area contributed by atoms with Crippen molar-refractivity contribution in [2.75, 3.05) is 5.32 Å². The van der Waals surface area contributed by atoms with Gasteiger partial charge < -0.3 is 15.2 Å². The van der Waals surface area contributed by atoms with Crippen molar-refractivity contribution in [3.63, 3.8) is 0 Å². The van der Waals surface area contributed by atoms with Crippen LogP contribution in [0.2, 0.25) is 0 Å². The second kappa shape index (κ2) is 8.74. The minimum absolute atomic E-state index is 0.188. The summed E-state index contributed by atoms with van der Waals surface area (Å²) in [5, 5.41) is 12.9. The summed E-state index contributed by atoms with van der Waals surface area (Å²) in [6, 6.07) is 24.1. The molecular formula is C27H24N2O4. The predicted molar refractivity (Wildman–Crippen MR) is 129 cm³/mol. The number of amides is 1. The van der Waals surface area contributed by atoms with Gasteiger partial charge in [-0.1, -0.05) is 42.5 Å². The zero-order chi connectivity index (χ0) is 23.6. The molecule has 6 heteroatoms. The van der Waals surface area contributed by atoms with Gasteiger partial charge in [0.2, 0.25) is 0 Å². The summed E-state index contributed by atoms with van der Waals surface area (Å²) < 4.78 is 5.57. The number of fused-ring (bicyclic) bond motifs is 1. The second-order valence-electron chi connectivity index (χ2n) is 8.31. The third-order valence-electron chi connectivity index (χ3n) is 5.29. The molecule has 1 aromatic heterocycles. The number of benzene rings is 3. The number of hydrogen-bond acceptors (Lipinski definition) is 4. The van der Waals surface area contributed by atoms with Crippen LogP contribution in [0.3, 0.4) is 0 Å². The van der Waals surface area contributed by atoms with E-state index < -0.39 is 11.6 Å². The lowest BCUT2D eigenvalue weighted by molar-refractivity contribution is -0.152. The maximum atomic E-state index is 12.9. The van der Waals surface area contributed by atoms with E-state index in [0.29, 0.717) is 11.3 Å². The lowest BCUT2D eigenvalue weighted by Crippen LogP contribution is -2.37. The Kier molecular flexibility index (Phi) is 5.84. The van der Waals surface area contributed by atoms with Crippen molar-refractivity contribution in [2.24, 2.45) is 0 Å². The molecule has 0 atom stereocenters. The quantitative estimate of drug-likeness (QED) is 0.401. The topological polar surface area (TPSA) is 88.5 Å². The Hall–Kier alpha value is -4.19. The highest BCUT2D eigenvalue weighted by atomic mass is 16.5. The largest absolute Gasteiger partial charge is 0.478 e. The molecule has 4 aromatic rings. The van der Waals surface area contributed by atoms with Crippen molar-refractivity contribution in [3.8, 4) is 16.9 Å². The fourth-order valence-electron chi connectivity index (χ4n) is 3.50. The van der Waals surface area contributed by atoms with Crippen LogP contribution in [0.25, 0.3) is 22.0 Å². The van der Waals surface area contributed by atoms with Crippen molar-refractivity contribution in [1.82, 2.24) is 4.98 Å². The van der Waals surface area contributed by atoms with Crippen molar-refractivity contribution in [2.45, 2.75) is 26.4 Å². The van der Waals surface area contributed by atoms with Gasteiger partial charge in [0.15, 0.2) is 5.60 Å². The first-order chi connectivity index (χ1) is 15.7. The van der Waals surface area contributed by atoms with Gasteiger partial charge in [-0.05, 0) is 68.3 Å². The van der Waals surface area contributed by atoms with Gasteiger partial charge in [0, 0.05) is 16.8 Å². The number of anilines is 1. The van der Waals surface area contributed by atoms with Crippen molar-refractivity contribution in [3.05, 3.63) is 90.1 Å². The zero-order valence-electron chi connectivity index (χ0n) is 18.6. The highest BCUT2D eigenvalue weighted by molar-refractivity contribution is 6.12. The molecular weight excluding hydrogens is 416 g/mol. The fraction of sp³-hybridized carbons (Fsp3) is 0.148. The third-order valence-corrected chi connectivity index (χ3v) is 5.29. The minimum Gasteiger partial charge on any atom is -0.478 e. The monoisotopic (exact) mass is 440 g/mol. The van der Waals surface area contributed by atoms with Crippen molar-refractivity contribution in [1.29, 1.82) is 0 Å². The summed E-state index contributed by atoms with van der Waals surface area (Å²) in [5.41, 5.74) is 3.30. The highest BCUT2D eigenvalue weighted by Gasteiger charge is 2.29. The van der Waals surface area contributed by atoms with E-state index >= 15 is 0 Å². The molecule has 0 fully saturated rings. The number of aryl methyl sites for hydroxylation is 1. The molecule has 3 aromatic carbocycles. The molecule has 0 aliphatic heterocycles. The van der Waals surface area contributed by atoms with Crippen LogP contribution < -0.4 is 10.1 Å². The predicted octanol–water partition coefficient (Wildman–Crippen LogP) is 5.70. The first-order valence-electron chi connectivity index (χ1n) is 10.5. The van der Waals surface area contributed by atoms with E-state index in [1.807, 2.05) is 67.6 Å². The zero-order valence-corrected chi connectivity index (χ0v) is 18.6. The van der Waals surface area contributed by atoms with Crippen LogP contribution in [0.15, 0.2) is 78.9 Å². The Morgan fingerprint density at radius 1 is 0.909 bits per heavy atom. The Morgan fingerprint density at radius 2 is 1.58 bits per heavy atom. The number of pyridine rings is 1. The average molecular weight is 440 g/mol. The van der Waals surface area contributed by atoms with E-state index in [0.717, 1.165) is 33.4 Å². The number of ether oxygens (including phenoxy) is 1. The molecule has 0 aliphatic rings. The van der Waals surface area contributed by atoms with Crippen LogP contribution in [0.1, 0.15) is 29.9 Å². The molecule has 0 saturated carbocycles. The van der Waals surface area contributed by atoms with Gasteiger partial charge in [-0.25, -0.2) is 4.79 Å². The van der Waals surface area contributed by atoms with Gasteiger partial charge in [0.1, 0.15) is 5.75 Å². The number of para-hydroxylation sites is 1. The maximum absolute atomic E-state index is 12.9. The molecule has 1 heterocycles. The molecule has 0 saturated heterocycles. The van der Waals surface area contributed by atoms with E-state index in [9.17, 15) is 14.7 Å². The molecule has 0 radical (unpaired) electrons. The number of carboxylic acid groups (broad SMARTS) is 1. The number of carbonyl (C=O) groups excluding carboxylic acids is 1. The molecule has 0 unspecified atom stereocenters. The molecule has 0 bridgehead atoms. The number of aliphatic carboxylic acids is 1. The van der Waals surface area contributed by atoms with Crippen LogP contribution in [0.4, 0.5) is 5.69 Å². The molecule has 166 valence electrons. The summed E-state index contributed by atoms with van der Waals surface area (Å²) >= 11 is 0. The van der Waals surface area contributed by atoms with Crippen LogP contribution >= 0.6 is 0 Å². The fourth-order valence-corrected chi connectivity index (χ4v) is 3.50.